The van der Waals surface area contributed by atoms with Crippen LogP contribution >= 0.6 is 11.3 Å². The van der Waals surface area contributed by atoms with Crippen LogP contribution < -0.4 is 0 Å². The summed E-state index contributed by atoms with van der Waals surface area (Å²) < 4.78 is 0. The van der Waals surface area contributed by atoms with Crippen molar-refractivity contribution >= 4 is 17.2 Å². The zero-order valence-electron chi connectivity index (χ0n) is 10.8. The third-order valence-electron chi connectivity index (χ3n) is 2.71. The zero-order chi connectivity index (χ0) is 13.1. The van der Waals surface area contributed by atoms with E-state index in [9.17, 15) is 4.79 Å². The molecule has 2 rings (SSSR count). The molecule has 0 radical (unpaired) electrons. The van der Waals surface area contributed by atoms with E-state index < -0.39 is 0 Å². The molecule has 0 bridgehead atoms. The first-order valence-corrected chi connectivity index (χ1v) is 6.63. The molecule has 0 N–H and O–H groups in total. The molecule has 0 unspecified atom stereocenters. The van der Waals surface area contributed by atoms with E-state index >= 15 is 0 Å². The highest BCUT2D eigenvalue weighted by Crippen LogP contribution is 2.19. The second-order valence-corrected chi connectivity index (χ2v) is 5.50. The van der Waals surface area contributed by atoms with Crippen LogP contribution in [-0.2, 0) is 6.54 Å². The Labute approximate surface area is 111 Å². The average Bonchev–Trinajstić information content (AvgIpc) is 2.68. The fourth-order valence-electron chi connectivity index (χ4n) is 1.83. The minimum absolute atomic E-state index is 0.0435. The van der Waals surface area contributed by atoms with Crippen molar-refractivity contribution in [2.24, 2.45) is 0 Å². The summed E-state index contributed by atoms with van der Waals surface area (Å²) in [7, 11) is 1.82. The molecule has 0 aliphatic carbocycles. The summed E-state index contributed by atoms with van der Waals surface area (Å²) >= 11 is 1.46. The summed E-state index contributed by atoms with van der Waals surface area (Å²) in [5.41, 5.74) is 1.95. The zero-order valence-corrected chi connectivity index (χ0v) is 11.6. The third-order valence-corrected chi connectivity index (χ3v) is 3.77. The van der Waals surface area contributed by atoms with Gasteiger partial charge in [0.25, 0.3) is 5.91 Å². The first kappa shape index (κ1) is 12.8. The second-order valence-electron chi connectivity index (χ2n) is 4.29. The van der Waals surface area contributed by atoms with Gasteiger partial charge in [-0.25, -0.2) is 4.98 Å². The summed E-state index contributed by atoms with van der Waals surface area (Å²) in [4.78, 5) is 19.0. The van der Waals surface area contributed by atoms with Crippen LogP contribution in [0.4, 0.5) is 0 Å². The lowest BCUT2D eigenvalue weighted by molar-refractivity contribution is 0.0789. The highest BCUT2D eigenvalue weighted by Gasteiger charge is 2.17. The first-order chi connectivity index (χ1) is 8.58. The Morgan fingerprint density at radius 2 is 1.94 bits per heavy atom. The molecule has 1 heterocycles. The third kappa shape index (κ3) is 2.76. The van der Waals surface area contributed by atoms with Crippen molar-refractivity contribution in [1.82, 2.24) is 9.88 Å². The van der Waals surface area contributed by atoms with E-state index in [1.807, 2.05) is 51.2 Å². The van der Waals surface area contributed by atoms with Crippen molar-refractivity contribution in [3.8, 4) is 0 Å². The summed E-state index contributed by atoms with van der Waals surface area (Å²) in [5, 5.41) is 0.934. The predicted octanol–water partition coefficient (Wildman–Crippen LogP) is 3.03. The highest BCUT2D eigenvalue weighted by atomic mass is 32.1. The van der Waals surface area contributed by atoms with E-state index in [0.29, 0.717) is 6.54 Å². The van der Waals surface area contributed by atoms with Gasteiger partial charge in [-0.2, -0.15) is 0 Å². The molecule has 1 amide bonds. The molecular formula is C14H16N2OS. The molecule has 1 aromatic heterocycles. The van der Waals surface area contributed by atoms with Crippen molar-refractivity contribution in [1.29, 1.82) is 0 Å². The molecule has 0 aliphatic rings. The van der Waals surface area contributed by atoms with Crippen LogP contribution in [-0.4, -0.2) is 22.8 Å². The number of amides is 1. The summed E-state index contributed by atoms with van der Waals surface area (Å²) in [6.45, 7) is 4.43. The lowest BCUT2D eigenvalue weighted by Crippen LogP contribution is -2.26. The molecule has 18 heavy (non-hydrogen) atoms. The van der Waals surface area contributed by atoms with Crippen molar-refractivity contribution in [2.75, 3.05) is 7.05 Å². The van der Waals surface area contributed by atoms with Crippen molar-refractivity contribution < 1.29 is 4.79 Å². The number of hydrogen-bond donors (Lipinski definition) is 0. The largest absolute Gasteiger partial charge is 0.337 e. The molecule has 2 aromatic rings. The molecule has 3 nitrogen and oxygen atoms in total. The van der Waals surface area contributed by atoms with Crippen LogP contribution in [0.5, 0.6) is 0 Å². The Kier molecular flexibility index (Phi) is 3.77. The predicted molar refractivity (Wildman–Crippen MR) is 73.8 cm³/mol. The minimum atomic E-state index is 0.0435. The summed E-state index contributed by atoms with van der Waals surface area (Å²) in [6.07, 6.45) is 0. The van der Waals surface area contributed by atoms with Crippen LogP contribution in [0.2, 0.25) is 0 Å². The van der Waals surface area contributed by atoms with Crippen LogP contribution in [0.15, 0.2) is 30.3 Å². The Morgan fingerprint density at radius 1 is 1.28 bits per heavy atom. The lowest BCUT2D eigenvalue weighted by Gasteiger charge is -2.16. The number of carbonyl (C=O) groups is 1. The fourth-order valence-corrected chi connectivity index (χ4v) is 2.75. The van der Waals surface area contributed by atoms with Crippen LogP contribution in [0, 0.1) is 13.8 Å². The number of benzene rings is 1. The van der Waals surface area contributed by atoms with Gasteiger partial charge in [-0.3, -0.25) is 4.79 Å². The number of aromatic nitrogens is 1. The van der Waals surface area contributed by atoms with Gasteiger partial charge >= 0.3 is 0 Å². The van der Waals surface area contributed by atoms with E-state index in [-0.39, 0.29) is 5.91 Å². The molecule has 0 atom stereocenters. The normalized spacial score (nSPS) is 10.4. The maximum Gasteiger partial charge on any atom is 0.265 e. The van der Waals surface area contributed by atoms with E-state index in [2.05, 4.69) is 4.98 Å². The molecule has 1 aromatic carbocycles. The van der Waals surface area contributed by atoms with Crippen molar-refractivity contribution in [2.45, 2.75) is 20.4 Å². The summed E-state index contributed by atoms with van der Waals surface area (Å²) in [5.74, 6) is 0.0435. The standard InChI is InChI=1S/C14H16N2OS/c1-10-13(18-11(2)15-10)14(17)16(3)9-12-7-5-4-6-8-12/h4-8H,9H2,1-3H3. The van der Waals surface area contributed by atoms with Crippen LogP contribution in [0.25, 0.3) is 0 Å². The Morgan fingerprint density at radius 3 is 2.50 bits per heavy atom. The van der Waals surface area contributed by atoms with E-state index in [4.69, 9.17) is 0 Å². The van der Waals surface area contributed by atoms with Gasteiger partial charge in [0.1, 0.15) is 4.88 Å². The molecule has 0 fully saturated rings. The van der Waals surface area contributed by atoms with Gasteiger partial charge < -0.3 is 4.90 Å². The smallest absolute Gasteiger partial charge is 0.265 e. The van der Waals surface area contributed by atoms with E-state index in [1.54, 1.807) is 4.90 Å². The molecule has 0 aliphatic heterocycles. The van der Waals surface area contributed by atoms with Crippen molar-refractivity contribution in [3.05, 3.63) is 51.5 Å². The number of thiazole rings is 1. The number of rotatable bonds is 3. The number of carbonyl (C=O) groups excluding carboxylic acids is 1. The Balaban J connectivity index is 2.12. The highest BCUT2D eigenvalue weighted by molar-refractivity contribution is 7.13. The molecule has 94 valence electrons. The molecule has 0 saturated carbocycles. The Hall–Kier alpha value is -1.68. The lowest BCUT2D eigenvalue weighted by atomic mass is 10.2. The molecule has 0 saturated heterocycles. The monoisotopic (exact) mass is 260 g/mol. The average molecular weight is 260 g/mol. The van der Waals surface area contributed by atoms with E-state index in [0.717, 1.165) is 21.1 Å². The van der Waals surface area contributed by atoms with Crippen molar-refractivity contribution in [3.63, 3.8) is 0 Å². The van der Waals surface area contributed by atoms with Crippen LogP contribution in [0.1, 0.15) is 25.9 Å². The Bertz CT molecular complexity index is 548. The number of nitrogens with zero attached hydrogens (tertiary/aromatic N) is 2. The van der Waals surface area contributed by atoms with Gasteiger partial charge in [0.2, 0.25) is 0 Å². The molecule has 0 spiro atoms. The van der Waals surface area contributed by atoms with Gasteiger partial charge in [-0.05, 0) is 19.4 Å². The minimum Gasteiger partial charge on any atom is -0.337 e. The summed E-state index contributed by atoms with van der Waals surface area (Å²) in [6, 6.07) is 9.98. The number of hydrogen-bond acceptors (Lipinski definition) is 3. The van der Waals surface area contributed by atoms with Gasteiger partial charge in [0.15, 0.2) is 0 Å². The quantitative estimate of drug-likeness (QED) is 0.850. The molecule has 4 heteroatoms. The topological polar surface area (TPSA) is 33.2 Å². The number of aryl methyl sites for hydroxylation is 2. The van der Waals surface area contributed by atoms with Gasteiger partial charge in [-0.15, -0.1) is 11.3 Å². The maximum absolute atomic E-state index is 12.3. The SMILES string of the molecule is Cc1nc(C)c(C(=O)N(C)Cc2ccccc2)s1. The maximum atomic E-state index is 12.3. The first-order valence-electron chi connectivity index (χ1n) is 5.81. The second kappa shape index (κ2) is 5.31. The van der Waals surface area contributed by atoms with Crippen LogP contribution in [0.3, 0.4) is 0 Å². The van der Waals surface area contributed by atoms with Gasteiger partial charge in [-0.1, -0.05) is 30.3 Å². The van der Waals surface area contributed by atoms with E-state index in [1.165, 1.54) is 11.3 Å². The van der Waals surface area contributed by atoms with Gasteiger partial charge in [0, 0.05) is 13.6 Å². The molecular weight excluding hydrogens is 244 g/mol. The van der Waals surface area contributed by atoms with Gasteiger partial charge in [0.05, 0.1) is 10.7 Å². The fraction of sp³-hybridized carbons (Fsp3) is 0.286.